The minimum atomic E-state index is -3.12. The second kappa shape index (κ2) is 10.6. The fraction of sp³-hybridized carbons (Fsp3) is 0.286. The van der Waals surface area contributed by atoms with Gasteiger partial charge in [-0.15, -0.1) is 0 Å². The number of hydrogen-bond acceptors (Lipinski definition) is 6. The van der Waals surface area contributed by atoms with Crippen LogP contribution in [0.1, 0.15) is 25.0 Å². The molecule has 168 valence electrons. The second-order valence-corrected chi connectivity index (χ2v) is 8.74. The van der Waals surface area contributed by atoms with E-state index < -0.39 is 21.4 Å². The van der Waals surface area contributed by atoms with Gasteiger partial charge in [-0.2, -0.15) is 0 Å². The number of carboxylic acid groups (broad SMARTS) is 1. The SMILES string of the molecule is C=S(=O)(CC(=O)O)Nc1cc(OCC)c(OCC)cc1CNc1ccc(C(=N)N)cc1. The van der Waals surface area contributed by atoms with Crippen molar-refractivity contribution in [1.29, 1.82) is 5.41 Å². The van der Waals surface area contributed by atoms with Gasteiger partial charge in [0.15, 0.2) is 11.5 Å². The molecule has 0 radical (unpaired) electrons. The summed E-state index contributed by atoms with van der Waals surface area (Å²) in [5.74, 6) is 2.65. The van der Waals surface area contributed by atoms with Crippen LogP contribution in [0, 0.1) is 5.41 Å². The number of nitrogens with two attached hydrogens (primary N) is 1. The lowest BCUT2D eigenvalue weighted by Gasteiger charge is -2.19. The maximum Gasteiger partial charge on any atom is 0.317 e. The first-order valence-corrected chi connectivity index (χ1v) is 11.5. The summed E-state index contributed by atoms with van der Waals surface area (Å²) in [5.41, 5.74) is 7.99. The molecule has 0 saturated carbocycles. The molecule has 1 unspecified atom stereocenters. The Morgan fingerprint density at radius 3 is 2.26 bits per heavy atom. The summed E-state index contributed by atoms with van der Waals surface area (Å²) >= 11 is 0. The predicted octanol–water partition coefficient (Wildman–Crippen LogP) is 2.51. The van der Waals surface area contributed by atoms with Gasteiger partial charge in [-0.05, 0) is 55.6 Å². The molecule has 9 nitrogen and oxygen atoms in total. The van der Waals surface area contributed by atoms with Crippen molar-refractivity contribution in [3.63, 3.8) is 0 Å². The van der Waals surface area contributed by atoms with Gasteiger partial charge in [0.05, 0.1) is 28.6 Å². The second-order valence-electron chi connectivity index (χ2n) is 6.62. The van der Waals surface area contributed by atoms with Crippen molar-refractivity contribution in [2.75, 3.05) is 29.0 Å². The van der Waals surface area contributed by atoms with E-state index in [4.69, 9.17) is 25.7 Å². The van der Waals surface area contributed by atoms with Crippen LogP contribution in [0.4, 0.5) is 11.4 Å². The van der Waals surface area contributed by atoms with Crippen LogP contribution in [0.25, 0.3) is 0 Å². The highest BCUT2D eigenvalue weighted by atomic mass is 32.2. The fourth-order valence-corrected chi connectivity index (χ4v) is 3.84. The molecule has 0 spiro atoms. The Kier molecular flexibility index (Phi) is 8.14. The minimum Gasteiger partial charge on any atom is -0.490 e. The number of nitrogen functional groups attached to an aromatic ring is 1. The molecule has 31 heavy (non-hydrogen) atoms. The standard InChI is InChI=1S/C21H28N4O5S/c1-4-29-18-10-15(12-24-16-8-6-14(7-9-16)21(22)23)17(11-19(18)30-5-2)25-31(3,28)13-20(26)27/h6-11,24H,3-5,12-13H2,1-2H3,(H3,22,23)(H,25,28)(H,26,27). The van der Waals surface area contributed by atoms with E-state index in [1.807, 2.05) is 13.8 Å². The molecule has 1 atom stereocenters. The zero-order valence-electron chi connectivity index (χ0n) is 17.6. The fourth-order valence-electron chi connectivity index (χ4n) is 2.78. The van der Waals surface area contributed by atoms with E-state index in [-0.39, 0.29) is 5.84 Å². The lowest BCUT2D eigenvalue weighted by molar-refractivity contribution is -0.133. The van der Waals surface area contributed by atoms with E-state index in [9.17, 15) is 9.00 Å². The molecule has 10 heteroatoms. The first kappa shape index (κ1) is 23.9. The van der Waals surface area contributed by atoms with E-state index in [0.717, 1.165) is 5.69 Å². The topological polar surface area (TPSA) is 147 Å². The molecule has 0 aliphatic rings. The van der Waals surface area contributed by atoms with Crippen LogP contribution in [-0.2, 0) is 21.0 Å². The van der Waals surface area contributed by atoms with Crippen molar-refractivity contribution < 1.29 is 23.6 Å². The van der Waals surface area contributed by atoms with E-state index in [1.165, 1.54) is 0 Å². The van der Waals surface area contributed by atoms with Gasteiger partial charge in [-0.1, -0.05) is 0 Å². The number of nitrogens with one attached hydrogen (secondary N) is 3. The Morgan fingerprint density at radius 1 is 1.16 bits per heavy atom. The third-order valence-corrected chi connectivity index (χ3v) is 5.41. The molecule has 2 aromatic rings. The molecular formula is C21H28N4O5S. The minimum absolute atomic E-state index is 0.0189. The Balaban J connectivity index is 2.37. The molecule has 0 bridgehead atoms. The summed E-state index contributed by atoms with van der Waals surface area (Å²) in [6.07, 6.45) is 0. The van der Waals surface area contributed by atoms with Crippen LogP contribution in [0.2, 0.25) is 0 Å². The average molecular weight is 449 g/mol. The number of carboxylic acids is 1. The highest BCUT2D eigenvalue weighted by Crippen LogP contribution is 2.35. The quantitative estimate of drug-likeness (QED) is 0.190. The number of aliphatic carboxylic acids is 1. The highest BCUT2D eigenvalue weighted by Gasteiger charge is 2.16. The van der Waals surface area contributed by atoms with Crippen LogP contribution in [0.5, 0.6) is 11.5 Å². The van der Waals surface area contributed by atoms with E-state index in [2.05, 4.69) is 15.9 Å². The van der Waals surface area contributed by atoms with Crippen molar-refractivity contribution in [3.8, 4) is 11.5 Å². The molecule has 6 N–H and O–H groups in total. The summed E-state index contributed by atoms with van der Waals surface area (Å²) in [6.45, 7) is 4.83. The van der Waals surface area contributed by atoms with Crippen molar-refractivity contribution in [2.24, 2.45) is 5.73 Å². The number of benzene rings is 2. The zero-order valence-corrected chi connectivity index (χ0v) is 18.4. The van der Waals surface area contributed by atoms with Crippen molar-refractivity contribution in [2.45, 2.75) is 20.4 Å². The van der Waals surface area contributed by atoms with Crippen LogP contribution >= 0.6 is 0 Å². The predicted molar refractivity (Wildman–Crippen MR) is 125 cm³/mol. The van der Waals surface area contributed by atoms with Crippen LogP contribution in [0.3, 0.4) is 0 Å². The highest BCUT2D eigenvalue weighted by molar-refractivity contribution is 8.02. The molecule has 2 aromatic carbocycles. The molecule has 0 aliphatic carbocycles. The summed E-state index contributed by atoms with van der Waals surface area (Å²) < 4.78 is 26.7. The molecule has 0 saturated heterocycles. The largest absolute Gasteiger partial charge is 0.490 e. The molecule has 0 aliphatic heterocycles. The van der Waals surface area contributed by atoms with Gasteiger partial charge in [0.1, 0.15) is 11.6 Å². The third-order valence-electron chi connectivity index (χ3n) is 4.10. The van der Waals surface area contributed by atoms with E-state index in [0.29, 0.717) is 48.1 Å². The molecule has 0 fully saturated rings. The first-order valence-electron chi connectivity index (χ1n) is 9.60. The Hall–Kier alpha value is -3.40. The third kappa shape index (κ3) is 7.10. The first-order chi connectivity index (χ1) is 14.6. The molecule has 0 aromatic heterocycles. The average Bonchev–Trinajstić information content (AvgIpc) is 2.68. The Morgan fingerprint density at radius 2 is 1.74 bits per heavy atom. The van der Waals surface area contributed by atoms with Gasteiger partial charge in [-0.25, -0.2) is 4.21 Å². The number of ether oxygens (including phenoxy) is 2. The zero-order chi connectivity index (χ0) is 23.0. The van der Waals surface area contributed by atoms with E-state index >= 15 is 0 Å². The summed E-state index contributed by atoms with van der Waals surface area (Å²) in [4.78, 5) is 11.0. The van der Waals surface area contributed by atoms with Gasteiger partial charge >= 0.3 is 5.97 Å². The van der Waals surface area contributed by atoms with E-state index in [1.54, 1.807) is 36.4 Å². The normalized spacial score (nSPS) is 12.5. The monoisotopic (exact) mass is 448 g/mol. The molecule has 0 heterocycles. The maximum atomic E-state index is 12.6. The Bertz CT molecular complexity index is 1040. The summed E-state index contributed by atoms with van der Waals surface area (Å²) in [5, 5.41) is 19.7. The molecular weight excluding hydrogens is 420 g/mol. The van der Waals surface area contributed by atoms with Gasteiger partial charge in [0, 0.05) is 23.9 Å². The van der Waals surface area contributed by atoms with Crippen LogP contribution in [-0.4, -0.2) is 46.0 Å². The smallest absolute Gasteiger partial charge is 0.317 e. The number of amidine groups is 1. The molecule has 2 rings (SSSR count). The lowest BCUT2D eigenvalue weighted by atomic mass is 10.1. The number of carbonyl (C=O) groups is 1. The number of hydrogen-bond donors (Lipinski definition) is 5. The van der Waals surface area contributed by atoms with Crippen molar-refractivity contribution >= 4 is 38.8 Å². The van der Waals surface area contributed by atoms with Gasteiger partial charge in [-0.3, -0.25) is 10.2 Å². The van der Waals surface area contributed by atoms with Gasteiger partial charge in [0.25, 0.3) is 0 Å². The van der Waals surface area contributed by atoms with Gasteiger partial charge in [0.2, 0.25) is 0 Å². The van der Waals surface area contributed by atoms with Crippen molar-refractivity contribution in [3.05, 3.63) is 47.5 Å². The number of anilines is 2. The maximum absolute atomic E-state index is 12.6. The summed E-state index contributed by atoms with van der Waals surface area (Å²) in [7, 11) is -3.12. The lowest BCUT2D eigenvalue weighted by Crippen LogP contribution is -2.23. The van der Waals surface area contributed by atoms with Crippen LogP contribution in [0.15, 0.2) is 36.4 Å². The Labute approximate surface area is 182 Å². The van der Waals surface area contributed by atoms with Crippen molar-refractivity contribution in [1.82, 2.24) is 0 Å². The number of rotatable bonds is 12. The van der Waals surface area contributed by atoms with Gasteiger partial charge < -0.3 is 30.4 Å². The van der Waals surface area contributed by atoms with Crippen LogP contribution < -0.4 is 25.2 Å². The molecule has 0 amide bonds. The summed E-state index contributed by atoms with van der Waals surface area (Å²) in [6, 6.07) is 10.4.